The smallest absolute Gasteiger partial charge is 0.340 e. The molecule has 2 aliphatic heterocycles. The summed E-state index contributed by atoms with van der Waals surface area (Å²) in [4.78, 5) is 42.3. The molecule has 2 amide bonds. The minimum absolute atomic E-state index is 0.0511. The van der Waals surface area contributed by atoms with Crippen LogP contribution in [0, 0.1) is 0 Å². The van der Waals surface area contributed by atoms with Crippen LogP contribution in [0.3, 0.4) is 0 Å². The summed E-state index contributed by atoms with van der Waals surface area (Å²) in [6, 6.07) is 7.68. The standard InChI is InChI=1S/C19H23N5O3/c25-16-7-3-9-24(16)15-6-1-4-13(10-15)11-17(26)23-8-2-5-14(12-23)18-20-19(27)22-21-18/h1,4,6,10,14H,2-3,5,7-9,11-12H2,(H2,20,21,22,27). The van der Waals surface area contributed by atoms with E-state index in [4.69, 9.17) is 0 Å². The largest absolute Gasteiger partial charge is 0.342 e. The number of hydrogen-bond donors (Lipinski definition) is 2. The van der Waals surface area contributed by atoms with E-state index in [1.54, 1.807) is 4.90 Å². The highest BCUT2D eigenvalue weighted by Gasteiger charge is 2.27. The fraction of sp³-hybridized carbons (Fsp3) is 0.474. The molecule has 8 heteroatoms. The Morgan fingerprint density at radius 3 is 2.85 bits per heavy atom. The molecule has 0 spiro atoms. The molecule has 0 radical (unpaired) electrons. The summed E-state index contributed by atoms with van der Waals surface area (Å²) in [6.07, 6.45) is 3.56. The maximum Gasteiger partial charge on any atom is 0.340 e. The van der Waals surface area contributed by atoms with Gasteiger partial charge in [-0.25, -0.2) is 9.89 Å². The first kappa shape index (κ1) is 17.5. The monoisotopic (exact) mass is 369 g/mol. The van der Waals surface area contributed by atoms with Crippen LogP contribution in [-0.2, 0) is 16.0 Å². The minimum Gasteiger partial charge on any atom is -0.342 e. The number of amides is 2. The van der Waals surface area contributed by atoms with E-state index in [1.807, 2.05) is 29.2 Å². The normalized spacial score (nSPS) is 20.3. The van der Waals surface area contributed by atoms with Crippen LogP contribution < -0.4 is 10.6 Å². The Morgan fingerprint density at radius 2 is 2.11 bits per heavy atom. The second-order valence-corrected chi connectivity index (χ2v) is 7.24. The minimum atomic E-state index is -0.318. The van der Waals surface area contributed by atoms with Crippen LogP contribution in [0.4, 0.5) is 5.69 Å². The van der Waals surface area contributed by atoms with E-state index < -0.39 is 0 Å². The van der Waals surface area contributed by atoms with Crippen molar-refractivity contribution in [3.63, 3.8) is 0 Å². The molecule has 1 unspecified atom stereocenters. The van der Waals surface area contributed by atoms with E-state index >= 15 is 0 Å². The summed E-state index contributed by atoms with van der Waals surface area (Å²) < 4.78 is 0. The van der Waals surface area contributed by atoms with Crippen LogP contribution in [0.15, 0.2) is 29.1 Å². The Bertz CT molecular complexity index is 903. The maximum atomic E-state index is 12.8. The Hall–Kier alpha value is -2.90. The topological polar surface area (TPSA) is 102 Å². The number of rotatable bonds is 4. The molecule has 2 fully saturated rings. The molecule has 142 valence electrons. The van der Waals surface area contributed by atoms with E-state index in [-0.39, 0.29) is 23.4 Å². The number of piperidine rings is 1. The molecular weight excluding hydrogens is 346 g/mol. The number of carbonyl (C=O) groups excluding carboxylic acids is 2. The van der Waals surface area contributed by atoms with E-state index in [9.17, 15) is 14.4 Å². The van der Waals surface area contributed by atoms with Crippen LogP contribution in [0.1, 0.15) is 43.0 Å². The van der Waals surface area contributed by atoms with Crippen LogP contribution in [0.25, 0.3) is 0 Å². The quantitative estimate of drug-likeness (QED) is 0.845. The number of hydrogen-bond acceptors (Lipinski definition) is 4. The number of H-pyrrole nitrogens is 2. The molecule has 2 aromatic rings. The highest BCUT2D eigenvalue weighted by Crippen LogP contribution is 2.25. The summed E-state index contributed by atoms with van der Waals surface area (Å²) in [7, 11) is 0. The van der Waals surface area contributed by atoms with Gasteiger partial charge in [0.15, 0.2) is 0 Å². The second kappa shape index (κ2) is 7.38. The van der Waals surface area contributed by atoms with Gasteiger partial charge >= 0.3 is 5.69 Å². The zero-order chi connectivity index (χ0) is 18.8. The Morgan fingerprint density at radius 1 is 1.22 bits per heavy atom. The number of aromatic amines is 2. The lowest BCUT2D eigenvalue weighted by Crippen LogP contribution is -2.40. The Labute approximate surface area is 156 Å². The van der Waals surface area contributed by atoms with Crippen molar-refractivity contribution >= 4 is 17.5 Å². The van der Waals surface area contributed by atoms with Crippen LogP contribution in [0.2, 0.25) is 0 Å². The molecule has 8 nitrogen and oxygen atoms in total. The van der Waals surface area contributed by atoms with Gasteiger partial charge in [-0.1, -0.05) is 12.1 Å². The van der Waals surface area contributed by atoms with Gasteiger partial charge in [-0.05, 0) is 37.0 Å². The van der Waals surface area contributed by atoms with E-state index in [0.29, 0.717) is 31.8 Å². The molecular formula is C19H23N5O3. The van der Waals surface area contributed by atoms with Gasteiger partial charge in [0.1, 0.15) is 5.82 Å². The Kier molecular flexibility index (Phi) is 4.79. The second-order valence-electron chi connectivity index (χ2n) is 7.24. The van der Waals surface area contributed by atoms with Crippen molar-refractivity contribution in [1.82, 2.24) is 20.1 Å². The van der Waals surface area contributed by atoms with Gasteiger partial charge in [0.2, 0.25) is 11.8 Å². The van der Waals surface area contributed by atoms with Crippen LogP contribution >= 0.6 is 0 Å². The van der Waals surface area contributed by atoms with Gasteiger partial charge in [0, 0.05) is 37.7 Å². The number of nitrogens with one attached hydrogen (secondary N) is 2. The molecule has 2 N–H and O–H groups in total. The van der Waals surface area contributed by atoms with E-state index in [0.717, 1.165) is 37.1 Å². The van der Waals surface area contributed by atoms with Crippen molar-refractivity contribution in [3.05, 3.63) is 46.1 Å². The molecule has 1 aromatic carbocycles. The van der Waals surface area contributed by atoms with Crippen molar-refractivity contribution in [1.29, 1.82) is 0 Å². The summed E-state index contributed by atoms with van der Waals surface area (Å²) in [5, 5.41) is 6.40. The first-order valence-electron chi connectivity index (χ1n) is 9.42. The summed E-state index contributed by atoms with van der Waals surface area (Å²) in [5.41, 5.74) is 1.46. The van der Waals surface area contributed by atoms with Gasteiger partial charge in [0.05, 0.1) is 6.42 Å². The average molecular weight is 369 g/mol. The van der Waals surface area contributed by atoms with Crippen LogP contribution in [0.5, 0.6) is 0 Å². The zero-order valence-electron chi connectivity index (χ0n) is 15.1. The average Bonchev–Trinajstić information content (AvgIpc) is 3.30. The number of benzene rings is 1. The summed E-state index contributed by atoms with van der Waals surface area (Å²) in [5.74, 6) is 0.870. The first-order valence-corrected chi connectivity index (χ1v) is 9.42. The molecule has 2 saturated heterocycles. The summed E-state index contributed by atoms with van der Waals surface area (Å²) >= 11 is 0. The number of aromatic nitrogens is 3. The Balaban J connectivity index is 1.42. The van der Waals surface area contributed by atoms with Gasteiger partial charge in [-0.15, -0.1) is 0 Å². The molecule has 3 heterocycles. The van der Waals surface area contributed by atoms with Crippen LogP contribution in [-0.4, -0.2) is 51.5 Å². The molecule has 1 atom stereocenters. The van der Waals surface area contributed by atoms with Gasteiger partial charge in [-0.2, -0.15) is 5.10 Å². The molecule has 4 rings (SSSR count). The number of nitrogens with zero attached hydrogens (tertiary/aromatic N) is 3. The first-order chi connectivity index (χ1) is 13.1. The van der Waals surface area contributed by atoms with Gasteiger partial charge in [0.25, 0.3) is 0 Å². The SMILES string of the molecule is O=C(Cc1cccc(N2CCCC2=O)c1)N1CCCC(c2n[nH]c(=O)[nH]2)C1. The van der Waals surface area contributed by atoms with Crippen molar-refractivity contribution in [2.24, 2.45) is 0 Å². The predicted octanol–water partition coefficient (Wildman–Crippen LogP) is 1.17. The van der Waals surface area contributed by atoms with E-state index in [2.05, 4.69) is 15.2 Å². The summed E-state index contributed by atoms with van der Waals surface area (Å²) in [6.45, 7) is 2.02. The molecule has 0 aliphatic carbocycles. The molecule has 2 aliphatic rings. The third kappa shape index (κ3) is 3.79. The number of carbonyl (C=O) groups is 2. The molecule has 0 bridgehead atoms. The van der Waals surface area contributed by atoms with Gasteiger partial charge < -0.3 is 9.80 Å². The van der Waals surface area contributed by atoms with Crippen molar-refractivity contribution < 1.29 is 9.59 Å². The van der Waals surface area contributed by atoms with Gasteiger partial charge in [-0.3, -0.25) is 14.6 Å². The highest BCUT2D eigenvalue weighted by molar-refractivity contribution is 5.95. The highest BCUT2D eigenvalue weighted by atomic mass is 16.2. The zero-order valence-corrected chi connectivity index (χ0v) is 15.1. The number of likely N-dealkylation sites (tertiary alicyclic amines) is 1. The predicted molar refractivity (Wildman–Crippen MR) is 99.5 cm³/mol. The van der Waals surface area contributed by atoms with Crippen molar-refractivity contribution in [2.45, 2.75) is 38.0 Å². The third-order valence-electron chi connectivity index (χ3n) is 5.33. The molecule has 1 aromatic heterocycles. The van der Waals surface area contributed by atoms with Crippen molar-refractivity contribution in [2.75, 3.05) is 24.5 Å². The molecule has 0 saturated carbocycles. The van der Waals surface area contributed by atoms with Crippen molar-refractivity contribution in [3.8, 4) is 0 Å². The lowest BCUT2D eigenvalue weighted by atomic mass is 9.96. The fourth-order valence-corrected chi connectivity index (χ4v) is 3.95. The maximum absolute atomic E-state index is 12.8. The lowest BCUT2D eigenvalue weighted by molar-refractivity contribution is -0.131. The fourth-order valence-electron chi connectivity index (χ4n) is 3.95. The van der Waals surface area contributed by atoms with E-state index in [1.165, 1.54) is 0 Å². The number of anilines is 1. The third-order valence-corrected chi connectivity index (χ3v) is 5.33. The lowest BCUT2D eigenvalue weighted by Gasteiger charge is -2.31. The molecule has 27 heavy (non-hydrogen) atoms.